The van der Waals surface area contributed by atoms with Crippen molar-refractivity contribution in [3.8, 4) is 0 Å². The van der Waals surface area contributed by atoms with Crippen molar-refractivity contribution in [2.75, 3.05) is 19.6 Å². The van der Waals surface area contributed by atoms with Crippen LogP contribution in [0, 0.1) is 0 Å². The molecule has 0 bridgehead atoms. The lowest BCUT2D eigenvalue weighted by atomic mass is 10.2. The number of rotatable bonds is 6. The van der Waals surface area contributed by atoms with Crippen molar-refractivity contribution in [3.05, 3.63) is 56.6 Å². The summed E-state index contributed by atoms with van der Waals surface area (Å²) >= 11 is 1.61. The third kappa shape index (κ3) is 4.78. The second-order valence-electron chi connectivity index (χ2n) is 6.43. The average Bonchev–Trinajstić information content (AvgIpc) is 3.30. The Morgan fingerprint density at radius 1 is 1.22 bits per heavy atom. The van der Waals surface area contributed by atoms with E-state index in [1.54, 1.807) is 11.3 Å². The maximum absolute atomic E-state index is 12.8. The molecule has 1 N–H and O–H groups in total. The zero-order valence-corrected chi connectivity index (χ0v) is 15.4. The average molecular weight is 399 g/mol. The minimum atomic E-state index is -4.74. The molecule has 3 heterocycles. The number of carbonyl (C=O) groups is 1. The number of halogens is 3. The molecule has 1 atom stereocenters. The second kappa shape index (κ2) is 8.26. The Morgan fingerprint density at radius 2 is 1.96 bits per heavy atom. The van der Waals surface area contributed by atoms with E-state index < -0.39 is 29.8 Å². The first-order valence-electron chi connectivity index (χ1n) is 8.67. The van der Waals surface area contributed by atoms with Gasteiger partial charge in [-0.3, -0.25) is 14.5 Å². The Labute approximate surface area is 158 Å². The largest absolute Gasteiger partial charge is 0.421 e. The van der Waals surface area contributed by atoms with Gasteiger partial charge in [-0.2, -0.15) is 13.2 Å². The summed E-state index contributed by atoms with van der Waals surface area (Å²) in [5.74, 6) is -0.489. The Balaban J connectivity index is 1.66. The van der Waals surface area contributed by atoms with Crippen molar-refractivity contribution in [1.29, 1.82) is 0 Å². The van der Waals surface area contributed by atoms with Crippen LogP contribution >= 0.6 is 11.3 Å². The molecule has 9 heteroatoms. The fraction of sp³-hybridized carbons (Fsp3) is 0.444. The summed E-state index contributed by atoms with van der Waals surface area (Å²) in [5, 5.41) is 4.74. The number of thiophene rings is 1. The summed E-state index contributed by atoms with van der Waals surface area (Å²) in [6.07, 6.45) is -1.34. The Bertz CT molecular complexity index is 827. The topological polar surface area (TPSA) is 54.3 Å². The van der Waals surface area contributed by atoms with Crippen molar-refractivity contribution in [2.45, 2.75) is 31.6 Å². The van der Waals surface area contributed by atoms with E-state index in [4.69, 9.17) is 0 Å². The van der Waals surface area contributed by atoms with Gasteiger partial charge in [0.05, 0.1) is 6.04 Å². The lowest BCUT2D eigenvalue weighted by molar-refractivity contribution is -0.139. The van der Waals surface area contributed by atoms with Gasteiger partial charge >= 0.3 is 6.18 Å². The van der Waals surface area contributed by atoms with E-state index in [1.165, 1.54) is 6.20 Å². The van der Waals surface area contributed by atoms with Crippen molar-refractivity contribution < 1.29 is 18.0 Å². The van der Waals surface area contributed by atoms with E-state index in [0.717, 1.165) is 47.5 Å². The third-order valence-electron chi connectivity index (χ3n) is 4.59. The summed E-state index contributed by atoms with van der Waals surface area (Å²) in [7, 11) is 0. The molecule has 1 unspecified atom stereocenters. The van der Waals surface area contributed by atoms with Crippen LogP contribution in [0.5, 0.6) is 0 Å². The molecule has 0 saturated carbocycles. The standard InChI is InChI=1S/C18H20F3N3O2S/c19-18(20,21)13-5-3-9-24(17(13)26)12-16(25)22-11-14(15-6-4-10-27-15)23-7-1-2-8-23/h3-6,9-10,14H,1-2,7-8,11-12H2,(H,22,25). The van der Waals surface area contributed by atoms with Crippen LogP contribution in [-0.2, 0) is 17.5 Å². The number of nitrogens with one attached hydrogen (secondary N) is 1. The number of carbonyl (C=O) groups excluding carboxylic acids is 1. The zero-order chi connectivity index (χ0) is 19.4. The van der Waals surface area contributed by atoms with E-state index in [-0.39, 0.29) is 6.04 Å². The van der Waals surface area contributed by atoms with Gasteiger partial charge in [0.1, 0.15) is 12.1 Å². The van der Waals surface area contributed by atoms with Crippen LogP contribution < -0.4 is 10.9 Å². The predicted molar refractivity (Wildman–Crippen MR) is 96.6 cm³/mol. The van der Waals surface area contributed by atoms with E-state index in [0.29, 0.717) is 6.54 Å². The van der Waals surface area contributed by atoms with Crippen molar-refractivity contribution in [3.63, 3.8) is 0 Å². The summed E-state index contributed by atoms with van der Waals surface area (Å²) in [4.78, 5) is 27.6. The molecule has 5 nitrogen and oxygen atoms in total. The number of nitrogens with zero attached hydrogens (tertiary/aromatic N) is 2. The Morgan fingerprint density at radius 3 is 2.59 bits per heavy atom. The van der Waals surface area contributed by atoms with Gasteiger partial charge in [-0.1, -0.05) is 6.07 Å². The van der Waals surface area contributed by atoms with Crippen molar-refractivity contribution >= 4 is 17.2 Å². The van der Waals surface area contributed by atoms with Gasteiger partial charge in [0.25, 0.3) is 5.56 Å². The molecule has 0 spiro atoms. The second-order valence-corrected chi connectivity index (χ2v) is 7.41. The lowest BCUT2D eigenvalue weighted by Gasteiger charge is -2.27. The van der Waals surface area contributed by atoms with Crippen LogP contribution in [0.2, 0.25) is 0 Å². The quantitative estimate of drug-likeness (QED) is 0.813. The normalized spacial score (nSPS) is 16.4. The number of pyridine rings is 1. The minimum absolute atomic E-state index is 0.0367. The van der Waals surface area contributed by atoms with E-state index >= 15 is 0 Å². The summed E-state index contributed by atoms with van der Waals surface area (Å²) < 4.78 is 39.3. The predicted octanol–water partition coefficient (Wildman–Crippen LogP) is 2.88. The molecule has 27 heavy (non-hydrogen) atoms. The number of aromatic nitrogens is 1. The van der Waals surface area contributed by atoms with Crippen LogP contribution in [0.3, 0.4) is 0 Å². The van der Waals surface area contributed by atoms with Gasteiger partial charge in [0, 0.05) is 17.6 Å². The van der Waals surface area contributed by atoms with Gasteiger partial charge in [0.2, 0.25) is 5.91 Å². The number of hydrogen-bond acceptors (Lipinski definition) is 4. The van der Waals surface area contributed by atoms with Gasteiger partial charge in [0.15, 0.2) is 0 Å². The summed E-state index contributed by atoms with van der Waals surface area (Å²) in [6, 6.07) is 5.84. The molecule has 1 aliphatic heterocycles. The number of likely N-dealkylation sites (tertiary alicyclic amines) is 1. The van der Waals surface area contributed by atoms with E-state index in [9.17, 15) is 22.8 Å². The SMILES string of the molecule is O=C(Cn1cccc(C(F)(F)F)c1=O)NCC(c1cccs1)N1CCCC1. The van der Waals surface area contributed by atoms with Crippen LogP contribution in [0.25, 0.3) is 0 Å². The molecule has 3 rings (SSSR count). The number of hydrogen-bond donors (Lipinski definition) is 1. The molecule has 146 valence electrons. The van der Waals surface area contributed by atoms with Crippen LogP contribution in [0.1, 0.15) is 29.3 Å². The maximum atomic E-state index is 12.8. The van der Waals surface area contributed by atoms with Crippen LogP contribution in [0.4, 0.5) is 13.2 Å². The Hall–Kier alpha value is -2.13. The molecule has 1 aliphatic rings. The van der Waals surface area contributed by atoms with E-state index in [2.05, 4.69) is 10.2 Å². The van der Waals surface area contributed by atoms with Crippen LogP contribution in [-0.4, -0.2) is 35.0 Å². The first-order valence-corrected chi connectivity index (χ1v) is 9.55. The molecular formula is C18H20F3N3O2S. The molecular weight excluding hydrogens is 379 g/mol. The third-order valence-corrected chi connectivity index (χ3v) is 5.56. The Kier molecular flexibility index (Phi) is 6.01. The van der Waals surface area contributed by atoms with Crippen molar-refractivity contribution in [1.82, 2.24) is 14.8 Å². The fourth-order valence-electron chi connectivity index (χ4n) is 3.24. The first-order chi connectivity index (χ1) is 12.9. The highest BCUT2D eigenvalue weighted by molar-refractivity contribution is 7.10. The molecule has 1 saturated heterocycles. The summed E-state index contributed by atoms with van der Waals surface area (Å²) in [6.45, 7) is 1.81. The minimum Gasteiger partial charge on any atom is -0.353 e. The molecule has 1 fully saturated rings. The molecule has 0 radical (unpaired) electrons. The monoisotopic (exact) mass is 399 g/mol. The molecule has 0 aromatic carbocycles. The van der Waals surface area contributed by atoms with Crippen LogP contribution in [0.15, 0.2) is 40.6 Å². The maximum Gasteiger partial charge on any atom is 0.421 e. The smallest absolute Gasteiger partial charge is 0.353 e. The first kappa shape index (κ1) is 19.6. The molecule has 0 aliphatic carbocycles. The van der Waals surface area contributed by atoms with E-state index in [1.807, 2.05) is 17.5 Å². The highest BCUT2D eigenvalue weighted by Gasteiger charge is 2.34. The van der Waals surface area contributed by atoms with Gasteiger partial charge in [-0.05, 0) is 49.5 Å². The fourth-order valence-corrected chi connectivity index (χ4v) is 4.10. The molecule has 1 amide bonds. The number of amides is 1. The highest BCUT2D eigenvalue weighted by Crippen LogP contribution is 2.28. The lowest BCUT2D eigenvalue weighted by Crippen LogP contribution is -2.39. The molecule has 2 aromatic heterocycles. The highest BCUT2D eigenvalue weighted by atomic mass is 32.1. The zero-order valence-electron chi connectivity index (χ0n) is 14.5. The van der Waals surface area contributed by atoms with Crippen molar-refractivity contribution in [2.24, 2.45) is 0 Å². The molecule has 2 aromatic rings. The summed E-state index contributed by atoms with van der Waals surface area (Å²) in [5.41, 5.74) is -2.49. The number of alkyl halides is 3. The van der Waals surface area contributed by atoms with Gasteiger partial charge < -0.3 is 9.88 Å². The van der Waals surface area contributed by atoms with Gasteiger partial charge in [-0.25, -0.2) is 0 Å². The van der Waals surface area contributed by atoms with Gasteiger partial charge in [-0.15, -0.1) is 11.3 Å².